The van der Waals surface area contributed by atoms with Gasteiger partial charge in [-0.3, -0.25) is 15.1 Å². The van der Waals surface area contributed by atoms with E-state index >= 15 is 0 Å². The van der Waals surface area contributed by atoms with Gasteiger partial charge in [0.25, 0.3) is 5.69 Å². The molecule has 1 heterocycles. The molecule has 0 N–H and O–H groups in total. The third kappa shape index (κ3) is 3.36. The number of morpholine rings is 1. The Morgan fingerprint density at radius 3 is 2.62 bits per heavy atom. The lowest BCUT2D eigenvalue weighted by Crippen LogP contribution is -2.36. The van der Waals surface area contributed by atoms with Crippen LogP contribution in [0.25, 0.3) is 0 Å². The van der Waals surface area contributed by atoms with Crippen LogP contribution in [-0.2, 0) is 4.74 Å². The van der Waals surface area contributed by atoms with Gasteiger partial charge in [-0.2, -0.15) is 0 Å². The maximum atomic E-state index is 12.1. The van der Waals surface area contributed by atoms with E-state index < -0.39 is 16.4 Å². The Kier molecular flexibility index (Phi) is 4.72. The monoisotopic (exact) mass is 326 g/mol. The highest BCUT2D eigenvalue weighted by Gasteiger charge is 2.14. The Bertz CT molecular complexity index is 770. The number of nitro groups is 1. The Labute approximate surface area is 139 Å². The van der Waals surface area contributed by atoms with Crippen LogP contribution in [0.1, 0.15) is 5.56 Å². The van der Waals surface area contributed by atoms with Crippen molar-refractivity contribution in [3.05, 3.63) is 58.1 Å². The van der Waals surface area contributed by atoms with Crippen molar-refractivity contribution in [2.75, 3.05) is 31.2 Å². The normalized spacial score (nSPS) is 14.9. The number of hydrogen-bond acceptors (Lipinski definition) is 6. The van der Waals surface area contributed by atoms with E-state index in [1.165, 1.54) is 24.4 Å². The smallest absolute Gasteiger partial charge is 0.262 e. The van der Waals surface area contributed by atoms with Gasteiger partial charge in [0.2, 0.25) is 0 Å². The minimum atomic E-state index is -0.679. The fraction of sp³-hybridized carbons (Fsp3) is 0.235. The minimum absolute atomic E-state index is 0.195. The number of ether oxygens (including phenoxy) is 1. The summed E-state index contributed by atoms with van der Waals surface area (Å²) in [6.07, 6.45) is 1.38. The fourth-order valence-electron chi connectivity index (χ4n) is 2.57. The van der Waals surface area contributed by atoms with Crippen LogP contribution in [-0.4, -0.2) is 37.4 Å². The van der Waals surface area contributed by atoms with Gasteiger partial charge in [0.1, 0.15) is 0 Å². The SMILES string of the molecule is O=[N+]([O-])c1cccc(C=Nc2ccccc2N2CCOCC2)c1[O-]. The lowest BCUT2D eigenvalue weighted by atomic mass is 10.2. The standard InChI is InChI=1S/C17H17N3O4/c21-17-13(4-3-7-16(17)20(22)23)12-18-14-5-1-2-6-15(14)19-8-10-24-11-9-19/h1-7,12,21H,8-11H2/p-1. The number of para-hydroxylation sites is 3. The first-order chi connectivity index (χ1) is 11.7. The van der Waals surface area contributed by atoms with Gasteiger partial charge in [-0.15, -0.1) is 0 Å². The van der Waals surface area contributed by atoms with Gasteiger partial charge in [0.05, 0.1) is 29.5 Å². The van der Waals surface area contributed by atoms with Crippen molar-refractivity contribution in [3.63, 3.8) is 0 Å². The Morgan fingerprint density at radius 1 is 1.12 bits per heavy atom. The second-order valence-electron chi connectivity index (χ2n) is 5.30. The van der Waals surface area contributed by atoms with Gasteiger partial charge in [-0.1, -0.05) is 24.3 Å². The molecule has 24 heavy (non-hydrogen) atoms. The summed E-state index contributed by atoms with van der Waals surface area (Å²) in [5.41, 5.74) is 1.42. The van der Waals surface area contributed by atoms with Crippen LogP contribution in [0, 0.1) is 10.1 Å². The molecule has 0 amide bonds. The predicted octanol–water partition coefficient (Wildman–Crippen LogP) is 2.26. The van der Waals surface area contributed by atoms with Gasteiger partial charge in [-0.05, 0) is 23.4 Å². The van der Waals surface area contributed by atoms with Crippen molar-refractivity contribution in [1.29, 1.82) is 0 Å². The summed E-state index contributed by atoms with van der Waals surface area (Å²) in [6, 6.07) is 11.8. The molecule has 0 spiro atoms. The molecule has 2 aromatic carbocycles. The zero-order valence-corrected chi connectivity index (χ0v) is 12.9. The van der Waals surface area contributed by atoms with Crippen LogP contribution in [0.4, 0.5) is 17.1 Å². The molecular formula is C17H16N3O4-. The minimum Gasteiger partial charge on any atom is -0.867 e. The number of aliphatic imine (C=N–C) groups is 1. The molecule has 1 aliphatic rings. The van der Waals surface area contributed by atoms with E-state index in [1.54, 1.807) is 0 Å². The number of benzene rings is 2. The molecule has 1 saturated heterocycles. The molecule has 0 unspecified atom stereocenters. The van der Waals surface area contributed by atoms with Crippen molar-refractivity contribution >= 4 is 23.3 Å². The summed E-state index contributed by atoms with van der Waals surface area (Å²) in [5, 5.41) is 22.9. The number of nitrogens with zero attached hydrogens (tertiary/aromatic N) is 3. The van der Waals surface area contributed by atoms with E-state index in [0.717, 1.165) is 18.8 Å². The van der Waals surface area contributed by atoms with E-state index in [2.05, 4.69) is 9.89 Å². The highest BCUT2D eigenvalue weighted by atomic mass is 16.6. The Morgan fingerprint density at radius 2 is 1.88 bits per heavy atom. The van der Waals surface area contributed by atoms with E-state index in [-0.39, 0.29) is 5.56 Å². The van der Waals surface area contributed by atoms with Crippen molar-refractivity contribution in [2.45, 2.75) is 0 Å². The fourth-order valence-corrected chi connectivity index (χ4v) is 2.57. The molecule has 7 heteroatoms. The summed E-state index contributed by atoms with van der Waals surface area (Å²) in [7, 11) is 0. The number of rotatable bonds is 4. The molecule has 0 saturated carbocycles. The second-order valence-corrected chi connectivity index (χ2v) is 5.30. The summed E-state index contributed by atoms with van der Waals surface area (Å²) in [4.78, 5) is 16.7. The predicted molar refractivity (Wildman–Crippen MR) is 89.3 cm³/mol. The zero-order chi connectivity index (χ0) is 16.9. The Hall–Kier alpha value is -2.93. The van der Waals surface area contributed by atoms with E-state index in [4.69, 9.17) is 4.74 Å². The van der Waals surface area contributed by atoms with Crippen LogP contribution in [0.2, 0.25) is 0 Å². The summed E-state index contributed by atoms with van der Waals surface area (Å²) < 4.78 is 5.36. The quantitative estimate of drug-likeness (QED) is 0.488. The largest absolute Gasteiger partial charge is 0.867 e. The summed E-state index contributed by atoms with van der Waals surface area (Å²) in [5.74, 6) is -0.630. The van der Waals surface area contributed by atoms with Crippen molar-refractivity contribution < 1.29 is 14.8 Å². The van der Waals surface area contributed by atoms with Crippen molar-refractivity contribution in [3.8, 4) is 5.75 Å². The molecule has 124 valence electrons. The Balaban J connectivity index is 1.90. The molecule has 2 aromatic rings. The lowest BCUT2D eigenvalue weighted by molar-refractivity contribution is -0.398. The molecule has 3 rings (SSSR count). The first kappa shape index (κ1) is 15.9. The number of hydrogen-bond donors (Lipinski definition) is 0. The van der Waals surface area contributed by atoms with E-state index in [0.29, 0.717) is 18.9 Å². The molecule has 0 aliphatic carbocycles. The molecule has 0 aromatic heterocycles. The van der Waals surface area contributed by atoms with Crippen LogP contribution in [0.5, 0.6) is 5.75 Å². The number of nitro benzene ring substituents is 1. The molecular weight excluding hydrogens is 310 g/mol. The van der Waals surface area contributed by atoms with Gasteiger partial charge in [0, 0.05) is 25.4 Å². The average Bonchev–Trinajstić information content (AvgIpc) is 2.61. The third-order valence-corrected chi connectivity index (χ3v) is 3.80. The van der Waals surface area contributed by atoms with Crippen molar-refractivity contribution in [1.82, 2.24) is 0 Å². The van der Waals surface area contributed by atoms with Gasteiger partial charge < -0.3 is 14.7 Å². The van der Waals surface area contributed by atoms with Crippen LogP contribution in [0.3, 0.4) is 0 Å². The lowest BCUT2D eigenvalue weighted by Gasteiger charge is -2.29. The molecule has 7 nitrogen and oxygen atoms in total. The highest BCUT2D eigenvalue weighted by molar-refractivity contribution is 5.88. The van der Waals surface area contributed by atoms with E-state index in [1.807, 2.05) is 24.3 Å². The van der Waals surface area contributed by atoms with Gasteiger partial charge in [0.15, 0.2) is 0 Å². The highest BCUT2D eigenvalue weighted by Crippen LogP contribution is 2.30. The summed E-state index contributed by atoms with van der Waals surface area (Å²) >= 11 is 0. The maximum absolute atomic E-state index is 12.1. The second kappa shape index (κ2) is 7.10. The first-order valence-corrected chi connectivity index (χ1v) is 7.57. The molecule has 0 atom stereocenters. The van der Waals surface area contributed by atoms with Crippen molar-refractivity contribution in [2.24, 2.45) is 4.99 Å². The molecule has 1 aliphatic heterocycles. The van der Waals surface area contributed by atoms with Crippen LogP contribution < -0.4 is 10.0 Å². The van der Waals surface area contributed by atoms with Crippen LogP contribution in [0.15, 0.2) is 47.5 Å². The zero-order valence-electron chi connectivity index (χ0n) is 12.9. The van der Waals surface area contributed by atoms with Gasteiger partial charge >= 0.3 is 0 Å². The third-order valence-electron chi connectivity index (χ3n) is 3.80. The van der Waals surface area contributed by atoms with Gasteiger partial charge in [-0.25, -0.2) is 0 Å². The topological polar surface area (TPSA) is 91.0 Å². The molecule has 1 fully saturated rings. The summed E-state index contributed by atoms with van der Waals surface area (Å²) in [6.45, 7) is 2.87. The van der Waals surface area contributed by atoms with E-state index in [9.17, 15) is 15.2 Å². The number of anilines is 1. The average molecular weight is 326 g/mol. The first-order valence-electron chi connectivity index (χ1n) is 7.57. The molecule has 0 bridgehead atoms. The van der Waals surface area contributed by atoms with Crippen LogP contribution >= 0.6 is 0 Å². The molecule has 0 radical (unpaired) electrons. The maximum Gasteiger partial charge on any atom is 0.262 e.